The van der Waals surface area contributed by atoms with Crippen LogP contribution in [0.2, 0.25) is 0 Å². The van der Waals surface area contributed by atoms with E-state index in [1.807, 2.05) is 20.9 Å². The van der Waals surface area contributed by atoms with Gasteiger partial charge >= 0.3 is 0 Å². The molecule has 0 fully saturated rings. The Hall–Kier alpha value is -1.11. The SMILES string of the molecule is CNCCCOc1ccc(S(=O)(=O)N(C)CC(C)C)cc1. The second-order valence-electron chi connectivity index (χ2n) is 5.46. The lowest BCUT2D eigenvalue weighted by Gasteiger charge is -2.19. The lowest BCUT2D eigenvalue weighted by atomic mass is 10.2. The molecule has 1 aromatic rings. The lowest BCUT2D eigenvalue weighted by molar-refractivity contribution is 0.309. The average Bonchev–Trinajstić information content (AvgIpc) is 2.43. The first-order valence-electron chi connectivity index (χ1n) is 7.21. The molecule has 0 aliphatic rings. The maximum absolute atomic E-state index is 12.4. The Balaban J connectivity index is 2.68. The maximum atomic E-state index is 12.4. The van der Waals surface area contributed by atoms with Gasteiger partial charge in [-0.15, -0.1) is 0 Å². The summed E-state index contributed by atoms with van der Waals surface area (Å²) in [6, 6.07) is 6.60. The Morgan fingerprint density at radius 3 is 2.38 bits per heavy atom. The zero-order chi connectivity index (χ0) is 15.9. The molecule has 0 aliphatic heterocycles. The molecule has 0 saturated carbocycles. The van der Waals surface area contributed by atoms with Crippen LogP contribution in [0.4, 0.5) is 0 Å². The van der Waals surface area contributed by atoms with Crippen LogP contribution in [0.25, 0.3) is 0 Å². The number of benzene rings is 1. The van der Waals surface area contributed by atoms with Gasteiger partial charge in [-0.25, -0.2) is 12.7 Å². The van der Waals surface area contributed by atoms with Crippen LogP contribution in [-0.2, 0) is 10.0 Å². The summed E-state index contributed by atoms with van der Waals surface area (Å²) in [5.41, 5.74) is 0. The molecule has 0 atom stereocenters. The Labute approximate surface area is 128 Å². The molecule has 1 rings (SSSR count). The van der Waals surface area contributed by atoms with Crippen molar-refractivity contribution in [3.63, 3.8) is 0 Å². The van der Waals surface area contributed by atoms with Crippen LogP contribution in [0.15, 0.2) is 29.2 Å². The number of nitrogens with zero attached hydrogens (tertiary/aromatic N) is 1. The highest BCUT2D eigenvalue weighted by atomic mass is 32.2. The Morgan fingerprint density at radius 2 is 1.86 bits per heavy atom. The van der Waals surface area contributed by atoms with Gasteiger partial charge in [0.2, 0.25) is 10.0 Å². The van der Waals surface area contributed by atoms with E-state index in [4.69, 9.17) is 4.74 Å². The maximum Gasteiger partial charge on any atom is 0.242 e. The van der Waals surface area contributed by atoms with Gasteiger partial charge in [0, 0.05) is 13.6 Å². The zero-order valence-electron chi connectivity index (χ0n) is 13.3. The van der Waals surface area contributed by atoms with Gasteiger partial charge in [-0.3, -0.25) is 0 Å². The molecule has 0 spiro atoms. The van der Waals surface area contributed by atoms with Gasteiger partial charge in [-0.1, -0.05) is 13.8 Å². The highest BCUT2D eigenvalue weighted by molar-refractivity contribution is 7.89. The minimum absolute atomic E-state index is 0.291. The van der Waals surface area contributed by atoms with Crippen molar-refractivity contribution < 1.29 is 13.2 Å². The van der Waals surface area contributed by atoms with Crippen molar-refractivity contribution in [3.05, 3.63) is 24.3 Å². The molecule has 0 unspecified atom stereocenters. The second-order valence-corrected chi connectivity index (χ2v) is 7.50. The predicted octanol–water partition coefficient (Wildman–Crippen LogP) is 1.95. The molecule has 0 saturated heterocycles. The largest absolute Gasteiger partial charge is 0.494 e. The van der Waals surface area contributed by atoms with Crippen LogP contribution in [0.5, 0.6) is 5.75 Å². The lowest BCUT2D eigenvalue weighted by Crippen LogP contribution is -2.30. The topological polar surface area (TPSA) is 58.6 Å². The first-order chi connectivity index (χ1) is 9.87. The van der Waals surface area contributed by atoms with Gasteiger partial charge in [0.25, 0.3) is 0 Å². The molecular formula is C15H26N2O3S. The molecule has 6 heteroatoms. The minimum Gasteiger partial charge on any atom is -0.494 e. The molecule has 0 heterocycles. The fourth-order valence-corrected chi connectivity index (χ4v) is 3.27. The summed E-state index contributed by atoms with van der Waals surface area (Å²) in [6.45, 7) is 6.00. The minimum atomic E-state index is -3.41. The Kier molecular flexibility index (Phi) is 7.14. The number of hydrogen-bond acceptors (Lipinski definition) is 4. The third-order valence-electron chi connectivity index (χ3n) is 2.99. The highest BCUT2D eigenvalue weighted by Gasteiger charge is 2.21. The van der Waals surface area contributed by atoms with E-state index in [1.165, 1.54) is 4.31 Å². The fraction of sp³-hybridized carbons (Fsp3) is 0.600. The van der Waals surface area contributed by atoms with Gasteiger partial charge in [0.15, 0.2) is 0 Å². The van der Waals surface area contributed by atoms with Gasteiger partial charge in [0.1, 0.15) is 5.75 Å². The van der Waals surface area contributed by atoms with Crippen molar-refractivity contribution in [1.29, 1.82) is 0 Å². The number of sulfonamides is 1. The summed E-state index contributed by atoms with van der Waals surface area (Å²) in [7, 11) is 0.0926. The van der Waals surface area contributed by atoms with Gasteiger partial charge in [0.05, 0.1) is 11.5 Å². The van der Waals surface area contributed by atoms with Crippen LogP contribution in [0.1, 0.15) is 20.3 Å². The summed E-state index contributed by atoms with van der Waals surface area (Å²) >= 11 is 0. The van der Waals surface area contributed by atoms with E-state index in [9.17, 15) is 8.42 Å². The van der Waals surface area contributed by atoms with Gasteiger partial charge < -0.3 is 10.1 Å². The molecule has 0 bridgehead atoms. The van der Waals surface area contributed by atoms with E-state index in [2.05, 4.69) is 5.32 Å². The first-order valence-corrected chi connectivity index (χ1v) is 8.65. The highest BCUT2D eigenvalue weighted by Crippen LogP contribution is 2.19. The Bertz CT molecular complexity index is 512. The van der Waals surface area contributed by atoms with Crippen molar-refractivity contribution in [2.75, 3.05) is 33.8 Å². The van der Waals surface area contributed by atoms with Gasteiger partial charge in [-0.2, -0.15) is 0 Å². The van der Waals surface area contributed by atoms with Crippen molar-refractivity contribution in [1.82, 2.24) is 9.62 Å². The quantitative estimate of drug-likeness (QED) is 0.708. The summed E-state index contributed by atoms with van der Waals surface area (Å²) < 4.78 is 31.7. The molecular weight excluding hydrogens is 288 g/mol. The van der Waals surface area contributed by atoms with Gasteiger partial charge in [-0.05, 0) is 50.2 Å². The summed E-state index contributed by atoms with van der Waals surface area (Å²) in [4.78, 5) is 0.299. The number of nitrogens with one attached hydrogen (secondary N) is 1. The zero-order valence-corrected chi connectivity index (χ0v) is 14.1. The molecule has 0 aliphatic carbocycles. The summed E-state index contributed by atoms with van der Waals surface area (Å²) in [5, 5.41) is 3.05. The van der Waals surface area contributed by atoms with E-state index in [1.54, 1.807) is 31.3 Å². The molecule has 5 nitrogen and oxygen atoms in total. The number of rotatable bonds is 9. The van der Waals surface area contributed by atoms with Crippen LogP contribution in [-0.4, -0.2) is 46.5 Å². The van der Waals surface area contributed by atoms with Crippen molar-refractivity contribution in [2.24, 2.45) is 5.92 Å². The molecule has 21 heavy (non-hydrogen) atoms. The normalized spacial score (nSPS) is 12.1. The van der Waals surface area contributed by atoms with E-state index >= 15 is 0 Å². The molecule has 0 aromatic heterocycles. The smallest absolute Gasteiger partial charge is 0.242 e. The standard InChI is InChI=1S/C15H26N2O3S/c1-13(2)12-17(4)21(18,19)15-8-6-14(7-9-15)20-11-5-10-16-3/h6-9,13,16H,5,10-12H2,1-4H3. The fourth-order valence-electron chi connectivity index (χ4n) is 1.94. The average molecular weight is 314 g/mol. The van der Waals surface area contributed by atoms with Crippen LogP contribution >= 0.6 is 0 Å². The number of hydrogen-bond donors (Lipinski definition) is 1. The Morgan fingerprint density at radius 1 is 1.24 bits per heavy atom. The third-order valence-corrected chi connectivity index (χ3v) is 4.83. The number of ether oxygens (including phenoxy) is 1. The van der Waals surface area contributed by atoms with Crippen molar-refractivity contribution in [2.45, 2.75) is 25.2 Å². The molecule has 1 N–H and O–H groups in total. The molecule has 0 amide bonds. The first kappa shape index (κ1) is 17.9. The van der Waals surface area contributed by atoms with Crippen molar-refractivity contribution in [3.8, 4) is 5.75 Å². The van der Waals surface area contributed by atoms with Crippen LogP contribution in [0, 0.1) is 5.92 Å². The van der Waals surface area contributed by atoms with Crippen molar-refractivity contribution >= 4 is 10.0 Å². The van der Waals surface area contributed by atoms with E-state index in [0.29, 0.717) is 29.7 Å². The van der Waals surface area contributed by atoms with Crippen LogP contribution in [0.3, 0.4) is 0 Å². The summed E-state index contributed by atoms with van der Waals surface area (Å²) in [6.07, 6.45) is 0.910. The van der Waals surface area contributed by atoms with E-state index in [-0.39, 0.29) is 0 Å². The molecule has 120 valence electrons. The molecule has 0 radical (unpaired) electrons. The third kappa shape index (κ3) is 5.65. The predicted molar refractivity (Wildman–Crippen MR) is 85.1 cm³/mol. The van der Waals surface area contributed by atoms with Crippen LogP contribution < -0.4 is 10.1 Å². The van der Waals surface area contributed by atoms with E-state index in [0.717, 1.165) is 13.0 Å². The van der Waals surface area contributed by atoms with E-state index < -0.39 is 10.0 Å². The second kappa shape index (κ2) is 8.36. The summed E-state index contributed by atoms with van der Waals surface area (Å²) in [5.74, 6) is 0.983. The monoisotopic (exact) mass is 314 g/mol. The molecule has 1 aromatic carbocycles.